The van der Waals surface area contributed by atoms with E-state index in [1.54, 1.807) is 12.5 Å². The Bertz CT molecular complexity index is 169. The number of aryl methyl sites for hydroxylation is 1. The van der Waals surface area contributed by atoms with Crippen LogP contribution in [0, 0.1) is 0 Å². The summed E-state index contributed by atoms with van der Waals surface area (Å²) in [6.45, 7) is 0. The van der Waals surface area contributed by atoms with Gasteiger partial charge in [0.25, 0.3) is 0 Å². The topological polar surface area (TPSA) is 45.8 Å². The van der Waals surface area contributed by atoms with E-state index in [4.69, 9.17) is 0 Å². The number of carbonyl (C=O) groups is 1. The SMILES string of the molecule is O=CCCc1c[nH]cn1. The van der Waals surface area contributed by atoms with Crippen LogP contribution in [0.5, 0.6) is 0 Å². The van der Waals surface area contributed by atoms with Gasteiger partial charge in [-0.3, -0.25) is 0 Å². The molecule has 3 heteroatoms. The lowest BCUT2D eigenvalue weighted by Gasteiger charge is -1.84. The highest BCUT2D eigenvalue weighted by Crippen LogP contribution is 1.93. The number of imidazole rings is 1. The maximum atomic E-state index is 9.86. The molecular weight excluding hydrogens is 116 g/mol. The van der Waals surface area contributed by atoms with Crippen LogP contribution >= 0.6 is 0 Å². The van der Waals surface area contributed by atoms with Crippen LogP contribution < -0.4 is 0 Å². The number of nitrogens with one attached hydrogen (secondary N) is 1. The van der Waals surface area contributed by atoms with Crippen molar-refractivity contribution in [1.82, 2.24) is 9.97 Å². The fourth-order valence-corrected chi connectivity index (χ4v) is 0.634. The van der Waals surface area contributed by atoms with Gasteiger partial charge >= 0.3 is 0 Å². The summed E-state index contributed by atoms with van der Waals surface area (Å²) >= 11 is 0. The molecule has 1 aromatic heterocycles. The van der Waals surface area contributed by atoms with Gasteiger partial charge in [-0.25, -0.2) is 4.98 Å². The van der Waals surface area contributed by atoms with E-state index in [9.17, 15) is 4.79 Å². The van der Waals surface area contributed by atoms with Crippen LogP contribution in [-0.4, -0.2) is 16.3 Å². The first-order valence-corrected chi connectivity index (χ1v) is 2.85. The summed E-state index contributed by atoms with van der Waals surface area (Å²) in [6.07, 6.45) is 5.61. The van der Waals surface area contributed by atoms with Gasteiger partial charge in [0.1, 0.15) is 6.29 Å². The molecule has 0 unspecified atom stereocenters. The molecule has 0 amide bonds. The number of nitrogens with zero attached hydrogens (tertiary/aromatic N) is 1. The van der Waals surface area contributed by atoms with Crippen LogP contribution in [0.3, 0.4) is 0 Å². The summed E-state index contributed by atoms with van der Waals surface area (Å²) in [5, 5.41) is 0. The largest absolute Gasteiger partial charge is 0.351 e. The van der Waals surface area contributed by atoms with E-state index >= 15 is 0 Å². The first-order chi connectivity index (χ1) is 4.43. The van der Waals surface area contributed by atoms with Crippen molar-refractivity contribution in [2.45, 2.75) is 12.8 Å². The van der Waals surface area contributed by atoms with Crippen LogP contribution in [0.15, 0.2) is 12.5 Å². The summed E-state index contributed by atoms with van der Waals surface area (Å²) in [5.74, 6) is 0. The van der Waals surface area contributed by atoms with E-state index in [-0.39, 0.29) is 0 Å². The van der Waals surface area contributed by atoms with Crippen molar-refractivity contribution in [3.8, 4) is 0 Å². The highest BCUT2D eigenvalue weighted by Gasteiger charge is 1.90. The van der Waals surface area contributed by atoms with Crippen LogP contribution in [0.4, 0.5) is 0 Å². The minimum Gasteiger partial charge on any atom is -0.351 e. The zero-order valence-corrected chi connectivity index (χ0v) is 5.00. The second kappa shape index (κ2) is 3.02. The van der Waals surface area contributed by atoms with Gasteiger partial charge in [0.05, 0.1) is 12.0 Å². The average Bonchev–Trinajstić information content (AvgIpc) is 2.34. The number of hydrogen-bond donors (Lipinski definition) is 1. The first-order valence-electron chi connectivity index (χ1n) is 2.85. The van der Waals surface area contributed by atoms with Gasteiger partial charge in [0.2, 0.25) is 0 Å². The van der Waals surface area contributed by atoms with E-state index in [0.717, 1.165) is 18.4 Å². The Morgan fingerprint density at radius 3 is 3.22 bits per heavy atom. The van der Waals surface area contributed by atoms with Crippen molar-refractivity contribution in [2.75, 3.05) is 0 Å². The summed E-state index contributed by atoms with van der Waals surface area (Å²) in [5.41, 5.74) is 0.946. The number of aromatic amines is 1. The van der Waals surface area contributed by atoms with E-state index in [1.807, 2.05) is 0 Å². The molecule has 0 bridgehead atoms. The molecular formula is C6H8N2O. The smallest absolute Gasteiger partial charge is 0.120 e. The molecule has 0 radical (unpaired) electrons. The lowest BCUT2D eigenvalue weighted by Crippen LogP contribution is -1.84. The lowest BCUT2D eigenvalue weighted by atomic mass is 10.3. The molecule has 0 atom stereocenters. The summed E-state index contributed by atoms with van der Waals surface area (Å²) < 4.78 is 0. The second-order valence-electron chi connectivity index (χ2n) is 1.77. The van der Waals surface area contributed by atoms with Gasteiger partial charge in [-0.15, -0.1) is 0 Å². The third-order valence-electron chi connectivity index (χ3n) is 1.07. The predicted octanol–water partition coefficient (Wildman–Crippen LogP) is 0.541. The molecule has 1 heterocycles. The quantitative estimate of drug-likeness (QED) is 0.598. The summed E-state index contributed by atoms with van der Waals surface area (Å²) in [7, 11) is 0. The molecule has 0 fully saturated rings. The molecule has 0 aromatic carbocycles. The Morgan fingerprint density at radius 2 is 2.67 bits per heavy atom. The van der Waals surface area contributed by atoms with E-state index < -0.39 is 0 Å². The highest BCUT2D eigenvalue weighted by molar-refractivity contribution is 5.49. The number of aldehydes is 1. The Labute approximate surface area is 53.1 Å². The van der Waals surface area contributed by atoms with Gasteiger partial charge < -0.3 is 9.78 Å². The molecule has 0 aliphatic rings. The van der Waals surface area contributed by atoms with Crippen molar-refractivity contribution >= 4 is 6.29 Å². The standard InChI is InChI=1S/C6H8N2O/c9-3-1-2-6-4-7-5-8-6/h3-5H,1-2H2,(H,7,8). The zero-order chi connectivity index (χ0) is 6.53. The Kier molecular flexibility index (Phi) is 2.01. The van der Waals surface area contributed by atoms with Gasteiger partial charge in [-0.2, -0.15) is 0 Å². The molecule has 0 saturated heterocycles. The lowest BCUT2D eigenvalue weighted by molar-refractivity contribution is -0.107. The first kappa shape index (κ1) is 6.01. The minimum atomic E-state index is 0.560. The maximum Gasteiger partial charge on any atom is 0.120 e. The molecule has 1 N–H and O–H groups in total. The van der Waals surface area contributed by atoms with Crippen molar-refractivity contribution in [3.63, 3.8) is 0 Å². The van der Waals surface area contributed by atoms with Gasteiger partial charge in [0.15, 0.2) is 0 Å². The third-order valence-corrected chi connectivity index (χ3v) is 1.07. The number of hydrogen-bond acceptors (Lipinski definition) is 2. The Morgan fingerprint density at radius 1 is 1.78 bits per heavy atom. The molecule has 9 heavy (non-hydrogen) atoms. The number of aromatic nitrogens is 2. The summed E-state index contributed by atoms with van der Waals surface area (Å²) in [4.78, 5) is 16.6. The van der Waals surface area contributed by atoms with E-state index in [2.05, 4.69) is 9.97 Å². The van der Waals surface area contributed by atoms with Crippen LogP contribution in [-0.2, 0) is 11.2 Å². The Hall–Kier alpha value is -1.12. The van der Waals surface area contributed by atoms with Crippen molar-refractivity contribution in [3.05, 3.63) is 18.2 Å². The molecule has 1 aromatic rings. The minimum absolute atomic E-state index is 0.560. The predicted molar refractivity (Wildman–Crippen MR) is 33.0 cm³/mol. The van der Waals surface area contributed by atoms with Crippen molar-refractivity contribution in [2.24, 2.45) is 0 Å². The van der Waals surface area contributed by atoms with E-state index in [0.29, 0.717) is 6.42 Å². The second-order valence-corrected chi connectivity index (χ2v) is 1.77. The molecule has 3 nitrogen and oxygen atoms in total. The highest BCUT2D eigenvalue weighted by atomic mass is 16.1. The van der Waals surface area contributed by atoms with Crippen LogP contribution in [0.2, 0.25) is 0 Å². The van der Waals surface area contributed by atoms with Gasteiger partial charge in [-0.05, 0) is 6.42 Å². The van der Waals surface area contributed by atoms with Crippen LogP contribution in [0.25, 0.3) is 0 Å². The molecule has 0 saturated carbocycles. The molecule has 0 aliphatic heterocycles. The zero-order valence-electron chi connectivity index (χ0n) is 5.00. The maximum absolute atomic E-state index is 9.86. The fourth-order valence-electron chi connectivity index (χ4n) is 0.634. The normalized spacial score (nSPS) is 9.33. The molecule has 48 valence electrons. The van der Waals surface area contributed by atoms with E-state index in [1.165, 1.54) is 0 Å². The monoisotopic (exact) mass is 124 g/mol. The third kappa shape index (κ3) is 1.68. The van der Waals surface area contributed by atoms with Crippen molar-refractivity contribution < 1.29 is 4.79 Å². The number of H-pyrrole nitrogens is 1. The summed E-state index contributed by atoms with van der Waals surface area (Å²) in [6, 6.07) is 0. The fraction of sp³-hybridized carbons (Fsp3) is 0.333. The molecule has 0 aliphatic carbocycles. The van der Waals surface area contributed by atoms with Crippen molar-refractivity contribution in [1.29, 1.82) is 0 Å². The van der Waals surface area contributed by atoms with Gasteiger partial charge in [0, 0.05) is 12.6 Å². The van der Waals surface area contributed by atoms with Gasteiger partial charge in [-0.1, -0.05) is 0 Å². The molecule has 1 rings (SSSR count). The average molecular weight is 124 g/mol. The number of rotatable bonds is 3. The number of carbonyl (C=O) groups excluding carboxylic acids is 1. The molecule has 0 spiro atoms. The Balaban J connectivity index is 2.38. The van der Waals surface area contributed by atoms with Crippen LogP contribution in [0.1, 0.15) is 12.1 Å².